The van der Waals surface area contributed by atoms with Crippen LogP contribution < -0.4 is 20.2 Å². The van der Waals surface area contributed by atoms with Crippen molar-refractivity contribution < 1.29 is 14.3 Å². The summed E-state index contributed by atoms with van der Waals surface area (Å²) in [6, 6.07) is 10.6. The number of nitrogens with one attached hydrogen (secondary N) is 2. The van der Waals surface area contributed by atoms with Crippen LogP contribution in [0.5, 0.6) is 11.5 Å². The Kier molecular flexibility index (Phi) is 6.20. The highest BCUT2D eigenvalue weighted by atomic mass is 79.9. The minimum atomic E-state index is -0.429. The van der Waals surface area contributed by atoms with Crippen LogP contribution in [-0.2, 0) is 0 Å². The van der Waals surface area contributed by atoms with Crippen molar-refractivity contribution in [2.45, 2.75) is 6.92 Å². The van der Waals surface area contributed by atoms with Crippen LogP contribution in [0.25, 0.3) is 0 Å². The molecular weight excluding hydrogens is 374 g/mol. The number of rotatable bonds is 5. The van der Waals surface area contributed by atoms with Gasteiger partial charge in [0.1, 0.15) is 11.5 Å². The fourth-order valence-electron chi connectivity index (χ4n) is 1.94. The van der Waals surface area contributed by atoms with Gasteiger partial charge in [0.05, 0.1) is 24.9 Å². The Morgan fingerprint density at radius 2 is 1.79 bits per heavy atom. The summed E-state index contributed by atoms with van der Waals surface area (Å²) in [4.78, 5) is 11.8. The summed E-state index contributed by atoms with van der Waals surface area (Å²) in [5, 5.41) is 6.62. The van der Waals surface area contributed by atoms with Crippen molar-refractivity contribution in [2.75, 3.05) is 19.5 Å². The maximum atomic E-state index is 11.8. The van der Waals surface area contributed by atoms with Crippen LogP contribution in [0, 0.1) is 6.92 Å². The Morgan fingerprint density at radius 3 is 2.42 bits per heavy atom. The first-order chi connectivity index (χ1) is 11.5. The molecule has 0 atom stereocenters. The predicted octanol–water partition coefficient (Wildman–Crippen LogP) is 3.93. The first-order valence-corrected chi connectivity index (χ1v) is 7.91. The molecule has 0 radical (unpaired) electrons. The number of urea groups is 1. The van der Waals surface area contributed by atoms with E-state index >= 15 is 0 Å². The van der Waals surface area contributed by atoms with Crippen molar-refractivity contribution in [3.05, 3.63) is 52.0 Å². The summed E-state index contributed by atoms with van der Waals surface area (Å²) in [6.07, 6.45) is 1.50. The molecule has 0 bridgehead atoms. The molecule has 6 nitrogen and oxygen atoms in total. The van der Waals surface area contributed by atoms with E-state index < -0.39 is 6.03 Å². The molecule has 2 N–H and O–H groups in total. The van der Waals surface area contributed by atoms with Gasteiger partial charge in [0, 0.05) is 17.3 Å². The highest BCUT2D eigenvalue weighted by molar-refractivity contribution is 9.10. The zero-order chi connectivity index (χ0) is 17.5. The largest absolute Gasteiger partial charge is 0.496 e. The van der Waals surface area contributed by atoms with Crippen LogP contribution >= 0.6 is 15.9 Å². The lowest BCUT2D eigenvalue weighted by molar-refractivity contribution is 0.252. The van der Waals surface area contributed by atoms with Gasteiger partial charge in [-0.1, -0.05) is 17.7 Å². The van der Waals surface area contributed by atoms with E-state index in [1.807, 2.05) is 31.2 Å². The zero-order valence-electron chi connectivity index (χ0n) is 13.6. The van der Waals surface area contributed by atoms with E-state index in [-0.39, 0.29) is 0 Å². The summed E-state index contributed by atoms with van der Waals surface area (Å²) in [5.74, 6) is 1.23. The molecular formula is C17H18BrN3O3. The smallest absolute Gasteiger partial charge is 0.339 e. The average Bonchev–Trinajstić information content (AvgIpc) is 2.57. The number of methoxy groups -OCH3 is 2. The van der Waals surface area contributed by atoms with Gasteiger partial charge in [0.2, 0.25) is 0 Å². The van der Waals surface area contributed by atoms with E-state index in [0.717, 1.165) is 10.0 Å². The highest BCUT2D eigenvalue weighted by Crippen LogP contribution is 2.31. The van der Waals surface area contributed by atoms with Gasteiger partial charge in [0.25, 0.3) is 0 Å². The lowest BCUT2D eigenvalue weighted by Crippen LogP contribution is -2.24. The van der Waals surface area contributed by atoms with Crippen LogP contribution in [0.15, 0.2) is 46.0 Å². The van der Waals surface area contributed by atoms with Crippen molar-refractivity contribution in [3.63, 3.8) is 0 Å². The topological polar surface area (TPSA) is 72.0 Å². The number of nitrogens with zero attached hydrogens (tertiary/aromatic N) is 1. The van der Waals surface area contributed by atoms with Gasteiger partial charge < -0.3 is 14.8 Å². The molecule has 2 rings (SSSR count). The number of hydrogen-bond acceptors (Lipinski definition) is 4. The molecule has 0 spiro atoms. The second kappa shape index (κ2) is 8.35. The minimum Gasteiger partial charge on any atom is -0.496 e. The van der Waals surface area contributed by atoms with Gasteiger partial charge in [-0.2, -0.15) is 5.10 Å². The molecule has 0 heterocycles. The standard InChI is InChI=1S/C17H18BrN3O3/c1-11-4-6-13(7-5-11)20-17(22)21-19-10-12-8-14(18)16(24-3)9-15(12)23-2/h4-10H,1-3H3,(H2,20,21,22)/b19-10-. The molecule has 0 saturated heterocycles. The molecule has 0 aliphatic rings. The highest BCUT2D eigenvalue weighted by Gasteiger charge is 2.08. The third kappa shape index (κ3) is 4.73. The van der Waals surface area contributed by atoms with Gasteiger partial charge in [-0.3, -0.25) is 0 Å². The Balaban J connectivity index is 2.01. The Labute approximate surface area is 149 Å². The third-order valence-electron chi connectivity index (χ3n) is 3.18. The van der Waals surface area contributed by atoms with Gasteiger partial charge in [-0.25, -0.2) is 10.2 Å². The van der Waals surface area contributed by atoms with E-state index in [9.17, 15) is 4.79 Å². The Bertz CT molecular complexity index is 745. The fourth-order valence-corrected chi connectivity index (χ4v) is 2.46. The number of carbonyl (C=O) groups is 1. The first kappa shape index (κ1) is 17.8. The third-order valence-corrected chi connectivity index (χ3v) is 3.80. The molecule has 0 saturated carbocycles. The van der Waals surface area contributed by atoms with Gasteiger partial charge in [-0.15, -0.1) is 0 Å². The second-order valence-electron chi connectivity index (χ2n) is 4.92. The molecule has 2 amide bonds. The zero-order valence-corrected chi connectivity index (χ0v) is 15.2. The van der Waals surface area contributed by atoms with Crippen LogP contribution in [-0.4, -0.2) is 26.5 Å². The molecule has 2 aromatic rings. The lowest BCUT2D eigenvalue weighted by Gasteiger charge is -2.09. The molecule has 126 valence electrons. The Morgan fingerprint density at radius 1 is 1.12 bits per heavy atom. The number of benzene rings is 2. The minimum absolute atomic E-state index is 0.429. The van der Waals surface area contributed by atoms with E-state index in [2.05, 4.69) is 31.8 Å². The van der Waals surface area contributed by atoms with Crippen LogP contribution in [0.1, 0.15) is 11.1 Å². The van der Waals surface area contributed by atoms with E-state index in [1.54, 1.807) is 26.4 Å². The molecule has 0 aromatic heterocycles. The van der Waals surface area contributed by atoms with Crippen LogP contribution in [0.4, 0.5) is 10.5 Å². The number of ether oxygens (including phenoxy) is 2. The van der Waals surface area contributed by atoms with E-state index in [4.69, 9.17) is 9.47 Å². The normalized spacial score (nSPS) is 10.5. The fraction of sp³-hybridized carbons (Fsp3) is 0.176. The Hall–Kier alpha value is -2.54. The number of carbonyl (C=O) groups excluding carboxylic acids is 1. The maximum absolute atomic E-state index is 11.8. The van der Waals surface area contributed by atoms with E-state index in [1.165, 1.54) is 6.21 Å². The lowest BCUT2D eigenvalue weighted by atomic mass is 10.2. The number of amides is 2. The number of halogens is 1. The van der Waals surface area contributed by atoms with Crippen molar-refractivity contribution >= 4 is 33.9 Å². The molecule has 0 aliphatic carbocycles. The van der Waals surface area contributed by atoms with Gasteiger partial charge in [-0.05, 0) is 41.1 Å². The molecule has 2 aromatic carbocycles. The van der Waals surface area contributed by atoms with Crippen molar-refractivity contribution in [1.82, 2.24) is 5.43 Å². The number of hydrazone groups is 1. The molecule has 0 aliphatic heterocycles. The van der Waals surface area contributed by atoms with Gasteiger partial charge >= 0.3 is 6.03 Å². The number of anilines is 1. The van der Waals surface area contributed by atoms with Crippen LogP contribution in [0.2, 0.25) is 0 Å². The first-order valence-electron chi connectivity index (χ1n) is 7.11. The van der Waals surface area contributed by atoms with Crippen LogP contribution in [0.3, 0.4) is 0 Å². The molecule has 7 heteroatoms. The predicted molar refractivity (Wildman–Crippen MR) is 98.2 cm³/mol. The summed E-state index contributed by atoms with van der Waals surface area (Å²) < 4.78 is 11.3. The SMILES string of the molecule is COc1cc(OC)c(/C=N\NC(=O)Nc2ccc(C)cc2)cc1Br. The molecule has 0 fully saturated rings. The summed E-state index contributed by atoms with van der Waals surface area (Å²) in [7, 11) is 3.13. The molecule has 24 heavy (non-hydrogen) atoms. The summed E-state index contributed by atoms with van der Waals surface area (Å²) in [6.45, 7) is 1.98. The van der Waals surface area contributed by atoms with Crippen molar-refractivity contribution in [3.8, 4) is 11.5 Å². The molecule has 0 unspecified atom stereocenters. The van der Waals surface area contributed by atoms with Gasteiger partial charge in [0.15, 0.2) is 0 Å². The number of aryl methyl sites for hydroxylation is 1. The summed E-state index contributed by atoms with van der Waals surface area (Å²) >= 11 is 3.40. The maximum Gasteiger partial charge on any atom is 0.339 e. The van der Waals surface area contributed by atoms with Crippen molar-refractivity contribution in [1.29, 1.82) is 0 Å². The summed E-state index contributed by atoms with van der Waals surface area (Å²) in [5.41, 5.74) is 4.92. The number of hydrogen-bond donors (Lipinski definition) is 2. The van der Waals surface area contributed by atoms with Crippen molar-refractivity contribution in [2.24, 2.45) is 5.10 Å². The monoisotopic (exact) mass is 391 g/mol. The second-order valence-corrected chi connectivity index (χ2v) is 5.77. The quantitative estimate of drug-likeness (QED) is 0.598. The average molecular weight is 392 g/mol. The van der Waals surface area contributed by atoms with E-state index in [0.29, 0.717) is 22.7 Å².